The third kappa shape index (κ3) is 5.32. The van der Waals surface area contributed by atoms with Crippen LogP contribution < -0.4 is 16.2 Å². The molecule has 4 heterocycles. The highest BCUT2D eigenvalue weighted by Crippen LogP contribution is 2.36. The largest absolute Gasteiger partial charge is 0.447 e. The average Bonchev–Trinajstić information content (AvgIpc) is 3.54. The van der Waals surface area contributed by atoms with E-state index in [4.69, 9.17) is 15.0 Å². The fourth-order valence-electron chi connectivity index (χ4n) is 5.77. The van der Waals surface area contributed by atoms with E-state index < -0.39 is 0 Å². The highest BCUT2D eigenvalue weighted by molar-refractivity contribution is 7.17. The number of rotatable bonds is 7. The van der Waals surface area contributed by atoms with E-state index in [0.29, 0.717) is 58.3 Å². The van der Waals surface area contributed by atoms with Crippen molar-refractivity contribution in [1.82, 2.24) is 24.8 Å². The van der Waals surface area contributed by atoms with Gasteiger partial charge in [0.15, 0.2) is 0 Å². The summed E-state index contributed by atoms with van der Waals surface area (Å²) in [5.41, 5.74) is 3.31. The van der Waals surface area contributed by atoms with Gasteiger partial charge >= 0.3 is 6.09 Å². The number of carbonyl (C=O) groups excluding carboxylic acids is 2. The van der Waals surface area contributed by atoms with Gasteiger partial charge in [-0.2, -0.15) is 5.26 Å². The van der Waals surface area contributed by atoms with Gasteiger partial charge in [0, 0.05) is 29.9 Å². The number of nitrogens with one attached hydrogen (secondary N) is 2. The third-order valence-electron chi connectivity index (χ3n) is 8.29. The number of carbonyl (C=O) groups is 2. The van der Waals surface area contributed by atoms with Crippen molar-refractivity contribution in [3.63, 3.8) is 0 Å². The molecule has 2 aromatic carbocycles. The Morgan fingerprint density at radius 1 is 1.16 bits per heavy atom. The lowest BCUT2D eigenvalue weighted by Crippen LogP contribution is -2.45. The Labute approximate surface area is 251 Å². The van der Waals surface area contributed by atoms with Gasteiger partial charge < -0.3 is 20.3 Å². The molecule has 0 radical (unpaired) electrons. The summed E-state index contributed by atoms with van der Waals surface area (Å²) in [5.74, 6) is 0.440. The van der Waals surface area contributed by atoms with Crippen molar-refractivity contribution in [3.05, 3.63) is 74.8 Å². The Morgan fingerprint density at radius 3 is 2.74 bits per heavy atom. The molecule has 2 amide bonds. The van der Waals surface area contributed by atoms with Crippen LogP contribution in [0.5, 0.6) is 0 Å². The van der Waals surface area contributed by atoms with Crippen LogP contribution in [0.2, 0.25) is 0 Å². The maximum absolute atomic E-state index is 13.9. The van der Waals surface area contributed by atoms with Crippen LogP contribution >= 0.6 is 11.3 Å². The van der Waals surface area contributed by atoms with Crippen molar-refractivity contribution >= 4 is 39.9 Å². The number of anilines is 1. The summed E-state index contributed by atoms with van der Waals surface area (Å²) < 4.78 is 6.89. The normalized spacial score (nSPS) is 19.5. The Kier molecular flexibility index (Phi) is 6.82. The highest BCUT2D eigenvalue weighted by Gasteiger charge is 2.38. The molecule has 7 rings (SSSR count). The van der Waals surface area contributed by atoms with Crippen LogP contribution in [-0.2, 0) is 11.3 Å². The fraction of sp³-hybridized carbons (Fsp3) is 0.355. The van der Waals surface area contributed by atoms with Gasteiger partial charge in [-0.3, -0.25) is 14.2 Å². The predicted molar refractivity (Wildman–Crippen MR) is 161 cm³/mol. The van der Waals surface area contributed by atoms with Gasteiger partial charge in [0.25, 0.3) is 11.5 Å². The minimum Gasteiger partial charge on any atom is -0.447 e. The van der Waals surface area contributed by atoms with Crippen molar-refractivity contribution in [1.29, 1.82) is 5.26 Å². The van der Waals surface area contributed by atoms with Gasteiger partial charge in [0.05, 0.1) is 41.3 Å². The summed E-state index contributed by atoms with van der Waals surface area (Å²) in [6.07, 6.45) is 4.77. The predicted octanol–water partition coefficient (Wildman–Crippen LogP) is 4.04. The Hall–Kier alpha value is -4.76. The first-order chi connectivity index (χ1) is 20.9. The summed E-state index contributed by atoms with van der Waals surface area (Å²) in [6, 6.07) is 13.3. The quantitative estimate of drug-likeness (QED) is 0.326. The van der Waals surface area contributed by atoms with E-state index in [1.54, 1.807) is 34.7 Å². The molecule has 3 aliphatic rings. The van der Waals surface area contributed by atoms with Crippen LogP contribution in [0.25, 0.3) is 21.5 Å². The molecule has 12 heteroatoms. The molecular weight excluding hydrogens is 566 g/mol. The number of thiazole rings is 1. The number of fused-ring (bicyclic) bond motifs is 2. The summed E-state index contributed by atoms with van der Waals surface area (Å²) >= 11 is 1.31. The number of hydrogen-bond acceptors (Lipinski definition) is 9. The maximum atomic E-state index is 13.9. The monoisotopic (exact) mass is 595 g/mol. The van der Waals surface area contributed by atoms with Crippen LogP contribution in [0, 0.1) is 18.3 Å². The van der Waals surface area contributed by atoms with E-state index in [1.165, 1.54) is 11.3 Å². The van der Waals surface area contributed by atoms with Crippen LogP contribution in [-0.4, -0.2) is 62.7 Å². The zero-order valence-corrected chi connectivity index (χ0v) is 24.3. The molecule has 2 atom stereocenters. The number of aryl methyl sites for hydroxylation is 1. The summed E-state index contributed by atoms with van der Waals surface area (Å²) in [4.78, 5) is 50.3. The zero-order valence-electron chi connectivity index (χ0n) is 23.5. The fourth-order valence-corrected chi connectivity index (χ4v) is 6.62. The second-order valence-corrected chi connectivity index (χ2v) is 12.4. The minimum atomic E-state index is -0.265. The molecule has 43 heavy (non-hydrogen) atoms. The van der Waals surface area contributed by atoms with Gasteiger partial charge in [-0.25, -0.2) is 14.8 Å². The second-order valence-electron chi connectivity index (χ2n) is 11.3. The van der Waals surface area contributed by atoms with E-state index in [-0.39, 0.29) is 35.7 Å². The van der Waals surface area contributed by atoms with Gasteiger partial charge in [0.1, 0.15) is 22.3 Å². The number of piperidine rings is 1. The molecule has 11 nitrogen and oxygen atoms in total. The SMILES string of the molecule is Cc1nc2cc(-c3ncc(C(=O)NC4CC4)s3)c(N[C@H]3CCN4C(=O)OC[C@@H]4C3)cc2c(=O)n1Cc1ccc(C#N)cc1. The smallest absolute Gasteiger partial charge is 0.410 e. The van der Waals surface area contributed by atoms with Crippen molar-refractivity contribution in [2.75, 3.05) is 18.5 Å². The number of nitriles is 1. The number of hydrogen-bond donors (Lipinski definition) is 2. The lowest BCUT2D eigenvalue weighted by Gasteiger charge is -2.33. The molecule has 218 valence electrons. The van der Waals surface area contributed by atoms with Crippen LogP contribution in [0.4, 0.5) is 10.5 Å². The van der Waals surface area contributed by atoms with E-state index in [0.717, 1.165) is 36.1 Å². The standard InChI is InChI=1S/C31H29N7O4S/c1-17-34-26-11-23(29-33-14-27(43-29)28(39)36-20-6-7-20)25(35-21-8-9-37-22(10-21)16-42-31(37)41)12-24(26)30(40)38(17)15-19-4-2-18(13-32)3-5-19/h2-5,11-12,14,20-22,35H,6-10,15-16H2,1H3,(H,36,39)/t21-,22-/m0/s1. The van der Waals surface area contributed by atoms with Crippen molar-refractivity contribution in [2.45, 2.75) is 57.3 Å². The molecule has 1 aliphatic carbocycles. The molecule has 2 saturated heterocycles. The number of benzene rings is 2. The lowest BCUT2D eigenvalue weighted by molar-refractivity contribution is 0.0955. The van der Waals surface area contributed by atoms with E-state index in [2.05, 4.69) is 21.7 Å². The number of ether oxygens (including phenoxy) is 1. The minimum absolute atomic E-state index is 0.00853. The number of aromatic nitrogens is 3. The molecule has 2 N–H and O–H groups in total. The van der Waals surface area contributed by atoms with E-state index in [1.807, 2.05) is 24.3 Å². The van der Waals surface area contributed by atoms with Crippen LogP contribution in [0.3, 0.4) is 0 Å². The molecule has 4 aromatic rings. The lowest BCUT2D eigenvalue weighted by atomic mass is 9.97. The summed E-state index contributed by atoms with van der Waals surface area (Å²) in [6.45, 7) is 3.09. The molecule has 2 aliphatic heterocycles. The van der Waals surface area contributed by atoms with Gasteiger partial charge in [-0.15, -0.1) is 11.3 Å². The van der Waals surface area contributed by atoms with Crippen molar-refractivity contribution in [2.24, 2.45) is 0 Å². The Balaban J connectivity index is 1.27. The first-order valence-corrected chi connectivity index (χ1v) is 15.2. The third-order valence-corrected chi connectivity index (χ3v) is 9.32. The first-order valence-electron chi connectivity index (χ1n) is 14.4. The van der Waals surface area contributed by atoms with E-state index in [9.17, 15) is 14.4 Å². The second kappa shape index (κ2) is 10.8. The molecule has 1 saturated carbocycles. The van der Waals surface area contributed by atoms with Gasteiger partial charge in [0.2, 0.25) is 0 Å². The topological polar surface area (TPSA) is 142 Å². The number of amides is 2. The van der Waals surface area contributed by atoms with E-state index >= 15 is 0 Å². The van der Waals surface area contributed by atoms with Crippen LogP contribution in [0.1, 0.15) is 52.3 Å². The molecule has 0 bridgehead atoms. The van der Waals surface area contributed by atoms with Gasteiger partial charge in [-0.05, 0) is 62.4 Å². The number of nitrogens with zero attached hydrogens (tertiary/aromatic N) is 5. The van der Waals surface area contributed by atoms with Crippen molar-refractivity contribution < 1.29 is 14.3 Å². The molecule has 3 fully saturated rings. The Bertz CT molecular complexity index is 1850. The van der Waals surface area contributed by atoms with Crippen LogP contribution in [0.15, 0.2) is 47.4 Å². The highest BCUT2D eigenvalue weighted by atomic mass is 32.1. The number of cyclic esters (lactones) is 1. The van der Waals surface area contributed by atoms with Crippen molar-refractivity contribution in [3.8, 4) is 16.6 Å². The zero-order chi connectivity index (χ0) is 29.7. The molecule has 0 unspecified atom stereocenters. The summed E-state index contributed by atoms with van der Waals surface area (Å²) in [7, 11) is 0. The maximum Gasteiger partial charge on any atom is 0.410 e. The summed E-state index contributed by atoms with van der Waals surface area (Å²) in [5, 5.41) is 16.9. The molecular formula is C31H29N7O4S. The Morgan fingerprint density at radius 2 is 1.98 bits per heavy atom. The van der Waals surface area contributed by atoms with Gasteiger partial charge in [-0.1, -0.05) is 12.1 Å². The molecule has 2 aromatic heterocycles. The molecule has 0 spiro atoms. The first kappa shape index (κ1) is 27.1. The average molecular weight is 596 g/mol.